The van der Waals surface area contributed by atoms with Gasteiger partial charge in [0.1, 0.15) is 29.9 Å². The second-order valence-corrected chi connectivity index (χ2v) is 16.0. The van der Waals surface area contributed by atoms with Gasteiger partial charge in [0, 0.05) is 42.3 Å². The molecule has 0 bridgehead atoms. The monoisotopic (exact) mass is 811 g/mol. The number of fused-ring (bicyclic) bond motifs is 1. The number of ether oxygens (including phenoxy) is 6. The molecular formula is C43H49N5O9S. The van der Waals surface area contributed by atoms with E-state index in [1.165, 1.54) is 7.11 Å². The van der Waals surface area contributed by atoms with Crippen molar-refractivity contribution in [1.82, 2.24) is 4.98 Å². The van der Waals surface area contributed by atoms with Gasteiger partial charge >= 0.3 is 6.03 Å². The van der Waals surface area contributed by atoms with Gasteiger partial charge in [-0.15, -0.1) is 0 Å². The molecule has 306 valence electrons. The summed E-state index contributed by atoms with van der Waals surface area (Å²) in [6.07, 6.45) is 3.17. The number of amides is 2. The summed E-state index contributed by atoms with van der Waals surface area (Å²) in [5, 5.41) is 17.0. The molecule has 0 spiro atoms. The van der Waals surface area contributed by atoms with E-state index in [9.17, 15) is 18.5 Å². The molecule has 0 saturated heterocycles. The van der Waals surface area contributed by atoms with Crippen LogP contribution in [-0.2, 0) is 36.1 Å². The Labute approximate surface area is 339 Å². The molecule has 0 fully saturated rings. The lowest BCUT2D eigenvalue weighted by atomic mass is 9.86. The third-order valence-corrected chi connectivity index (χ3v) is 9.28. The first kappa shape index (κ1) is 43.2. The summed E-state index contributed by atoms with van der Waals surface area (Å²) in [6, 6.07) is 25.2. The van der Waals surface area contributed by atoms with Crippen LogP contribution in [0, 0.1) is 11.3 Å². The van der Waals surface area contributed by atoms with Crippen molar-refractivity contribution in [3.8, 4) is 29.1 Å². The van der Waals surface area contributed by atoms with E-state index >= 15 is 0 Å². The van der Waals surface area contributed by atoms with Gasteiger partial charge in [0.05, 0.1) is 69.0 Å². The van der Waals surface area contributed by atoms with Gasteiger partial charge in [0.2, 0.25) is 10.0 Å². The summed E-state index contributed by atoms with van der Waals surface area (Å²) in [5.74, 6) is 1.77. The Hall–Kier alpha value is -5.92. The molecule has 1 aromatic heterocycles. The van der Waals surface area contributed by atoms with Crippen molar-refractivity contribution in [1.29, 1.82) is 5.26 Å². The van der Waals surface area contributed by atoms with E-state index in [1.807, 2.05) is 57.2 Å². The molecule has 0 aliphatic rings. The topological polar surface area (TPSA) is 179 Å². The van der Waals surface area contributed by atoms with Crippen LogP contribution in [0.2, 0.25) is 0 Å². The van der Waals surface area contributed by atoms with Crippen LogP contribution in [0.15, 0.2) is 85.1 Å². The lowest BCUT2D eigenvalue weighted by Gasteiger charge is -2.24. The Morgan fingerprint density at radius 2 is 1.47 bits per heavy atom. The number of hydrogen-bond donors (Lipinski definition) is 3. The highest BCUT2D eigenvalue weighted by atomic mass is 32.2. The Morgan fingerprint density at radius 1 is 0.793 bits per heavy atom. The highest BCUT2D eigenvalue weighted by Gasteiger charge is 2.23. The maximum Gasteiger partial charge on any atom is 0.323 e. The average molecular weight is 812 g/mol. The number of rotatable bonds is 19. The van der Waals surface area contributed by atoms with Crippen LogP contribution in [0.25, 0.3) is 10.8 Å². The molecule has 5 aromatic rings. The molecule has 4 aromatic carbocycles. The second kappa shape index (κ2) is 20.0. The van der Waals surface area contributed by atoms with Crippen LogP contribution in [0.3, 0.4) is 0 Å². The van der Waals surface area contributed by atoms with Crippen LogP contribution in [0.4, 0.5) is 21.9 Å². The predicted molar refractivity (Wildman–Crippen MR) is 224 cm³/mol. The first-order chi connectivity index (χ1) is 27.8. The molecule has 0 aliphatic carbocycles. The first-order valence-electron chi connectivity index (χ1n) is 18.5. The minimum absolute atomic E-state index is 0.170. The summed E-state index contributed by atoms with van der Waals surface area (Å²) in [7, 11) is -0.615. The first-order valence-corrected chi connectivity index (χ1v) is 20.4. The summed E-state index contributed by atoms with van der Waals surface area (Å²) < 4.78 is 60.4. The molecule has 15 heteroatoms. The quantitative estimate of drug-likeness (QED) is 0.0691. The standard InChI is InChI=1S/C43H49N5O9S/c1-43(2,3)31-25-37(41(53-5)38(26-31)48-58(6,50)51)47-42(49)46-36-12-14-40(35-10-8-7-9-34(35)36)57-33-15-16-45-32(27-33)24-29-11-13-39(30(23-29)28-44)56-22-21-55-20-19-54-18-17-52-4/h7-16,23,25-27,48H,17-22,24H2,1-6H3,(H2,46,47,49). The van der Waals surface area contributed by atoms with E-state index in [0.717, 1.165) is 33.8 Å². The fourth-order valence-corrected chi connectivity index (χ4v) is 6.47. The van der Waals surface area contributed by atoms with Crippen molar-refractivity contribution in [2.45, 2.75) is 32.6 Å². The van der Waals surface area contributed by atoms with Crippen LogP contribution in [0.1, 0.15) is 43.2 Å². The van der Waals surface area contributed by atoms with E-state index in [2.05, 4.69) is 26.4 Å². The molecule has 3 N–H and O–H groups in total. The van der Waals surface area contributed by atoms with Crippen LogP contribution in [0.5, 0.6) is 23.0 Å². The molecule has 0 unspecified atom stereocenters. The second-order valence-electron chi connectivity index (χ2n) is 14.2. The van der Waals surface area contributed by atoms with Crippen molar-refractivity contribution in [3.05, 3.63) is 107 Å². The van der Waals surface area contributed by atoms with Gasteiger partial charge in [-0.25, -0.2) is 13.2 Å². The Bertz CT molecular complexity index is 2360. The van der Waals surface area contributed by atoms with E-state index < -0.39 is 16.1 Å². The van der Waals surface area contributed by atoms with Crippen LogP contribution < -0.4 is 29.6 Å². The summed E-state index contributed by atoms with van der Waals surface area (Å²) in [5.41, 5.74) is 3.46. The van der Waals surface area contributed by atoms with Crippen LogP contribution in [-0.4, -0.2) is 79.5 Å². The fraction of sp³-hybridized carbons (Fsp3) is 0.326. The van der Waals surface area contributed by atoms with Crippen molar-refractivity contribution >= 4 is 43.9 Å². The molecule has 0 saturated carbocycles. The summed E-state index contributed by atoms with van der Waals surface area (Å²) in [6.45, 7) is 8.55. The molecule has 5 rings (SSSR count). The Morgan fingerprint density at radius 3 is 2.16 bits per heavy atom. The third-order valence-electron chi connectivity index (χ3n) is 8.69. The van der Waals surface area contributed by atoms with Gasteiger partial charge in [0.25, 0.3) is 0 Å². The van der Waals surface area contributed by atoms with Crippen LogP contribution >= 0.6 is 0 Å². The van der Waals surface area contributed by atoms with E-state index in [-0.39, 0.29) is 16.9 Å². The number of aromatic nitrogens is 1. The lowest BCUT2D eigenvalue weighted by Crippen LogP contribution is -2.22. The fourth-order valence-electron chi connectivity index (χ4n) is 5.92. The number of nitrogens with one attached hydrogen (secondary N) is 3. The highest BCUT2D eigenvalue weighted by molar-refractivity contribution is 7.92. The predicted octanol–water partition coefficient (Wildman–Crippen LogP) is 7.87. The molecule has 0 aliphatic heterocycles. The van der Waals surface area contributed by atoms with E-state index in [0.29, 0.717) is 80.2 Å². The van der Waals surface area contributed by atoms with Gasteiger partial charge < -0.3 is 39.1 Å². The summed E-state index contributed by atoms with van der Waals surface area (Å²) in [4.78, 5) is 18.0. The number of nitriles is 1. The van der Waals surface area contributed by atoms with Crippen molar-refractivity contribution in [2.75, 3.05) is 75.5 Å². The molecule has 0 radical (unpaired) electrons. The minimum atomic E-state index is -3.64. The number of pyridine rings is 1. The number of sulfonamides is 1. The number of hydrogen-bond acceptors (Lipinski definition) is 11. The normalized spacial score (nSPS) is 11.5. The molecule has 1 heterocycles. The molecule has 14 nitrogen and oxygen atoms in total. The maximum atomic E-state index is 13.5. The number of nitrogens with zero attached hydrogens (tertiary/aromatic N) is 2. The van der Waals surface area contributed by atoms with Gasteiger partial charge in [-0.2, -0.15) is 5.26 Å². The third kappa shape index (κ3) is 12.3. The highest BCUT2D eigenvalue weighted by Crippen LogP contribution is 2.40. The van der Waals surface area contributed by atoms with Gasteiger partial charge in [-0.1, -0.05) is 51.1 Å². The van der Waals surface area contributed by atoms with Gasteiger partial charge in [-0.3, -0.25) is 9.71 Å². The number of carbonyl (C=O) groups excluding carboxylic acids is 1. The Balaban J connectivity index is 1.26. The number of carbonyl (C=O) groups is 1. The molecule has 0 atom stereocenters. The van der Waals surface area contributed by atoms with E-state index in [4.69, 9.17) is 28.4 Å². The van der Waals surface area contributed by atoms with Gasteiger partial charge in [0.15, 0.2) is 5.75 Å². The zero-order valence-corrected chi connectivity index (χ0v) is 34.3. The Kier molecular flexibility index (Phi) is 14.9. The largest absolute Gasteiger partial charge is 0.492 e. The minimum Gasteiger partial charge on any atom is -0.492 e. The average Bonchev–Trinajstić information content (AvgIpc) is 3.17. The molecular weight excluding hydrogens is 763 g/mol. The summed E-state index contributed by atoms with van der Waals surface area (Å²) >= 11 is 0. The molecule has 58 heavy (non-hydrogen) atoms. The van der Waals surface area contributed by atoms with E-state index in [1.54, 1.807) is 55.8 Å². The molecule has 2 amide bonds. The SMILES string of the molecule is COCCOCCOCCOc1ccc(Cc2cc(Oc3ccc(NC(=O)Nc4cc(C(C)(C)C)cc(NS(C)(=O)=O)c4OC)c4ccccc34)ccn2)cc1C#N. The number of urea groups is 1. The number of anilines is 3. The van der Waals surface area contributed by atoms with Gasteiger partial charge in [-0.05, 0) is 59.0 Å². The smallest absolute Gasteiger partial charge is 0.323 e. The zero-order chi connectivity index (χ0) is 41.7. The van der Waals surface area contributed by atoms with Crippen molar-refractivity contribution in [3.63, 3.8) is 0 Å². The number of benzene rings is 4. The van der Waals surface area contributed by atoms with Crippen molar-refractivity contribution < 1.29 is 41.6 Å². The van der Waals surface area contributed by atoms with Crippen molar-refractivity contribution in [2.24, 2.45) is 0 Å². The lowest BCUT2D eigenvalue weighted by molar-refractivity contribution is 0.0179. The zero-order valence-electron chi connectivity index (χ0n) is 33.5. The number of methoxy groups -OCH3 is 2. The maximum absolute atomic E-state index is 13.5.